The summed E-state index contributed by atoms with van der Waals surface area (Å²) in [6.45, 7) is 4.59. The monoisotopic (exact) mass is 238 g/mol. The summed E-state index contributed by atoms with van der Waals surface area (Å²) in [7, 11) is 1.62. The molecule has 0 aliphatic heterocycles. The van der Waals surface area contributed by atoms with E-state index in [2.05, 4.69) is 6.92 Å². The molecule has 0 fully saturated rings. The van der Waals surface area contributed by atoms with E-state index in [-0.39, 0.29) is 0 Å². The summed E-state index contributed by atoms with van der Waals surface area (Å²) >= 11 is 0. The van der Waals surface area contributed by atoms with Crippen LogP contribution in [0, 0.1) is 0 Å². The molecule has 1 aromatic carbocycles. The quantitative estimate of drug-likeness (QED) is 0.741. The van der Waals surface area contributed by atoms with Crippen LogP contribution in [0.25, 0.3) is 0 Å². The average molecular weight is 238 g/mol. The third-order valence-electron chi connectivity index (χ3n) is 2.68. The SMILES string of the molecule is CCCCCOc1cc(C(C)O)ccc1OC. The summed E-state index contributed by atoms with van der Waals surface area (Å²) in [5.41, 5.74) is 0.844. The normalized spacial score (nSPS) is 12.2. The first-order valence-electron chi connectivity index (χ1n) is 6.17. The molecule has 0 saturated carbocycles. The van der Waals surface area contributed by atoms with E-state index in [9.17, 15) is 5.11 Å². The number of benzene rings is 1. The van der Waals surface area contributed by atoms with Crippen molar-refractivity contribution in [2.24, 2.45) is 0 Å². The molecule has 0 radical (unpaired) electrons. The first-order chi connectivity index (χ1) is 8.19. The van der Waals surface area contributed by atoms with Crippen LogP contribution in [0.2, 0.25) is 0 Å². The zero-order chi connectivity index (χ0) is 12.7. The lowest BCUT2D eigenvalue weighted by Crippen LogP contribution is -2.01. The summed E-state index contributed by atoms with van der Waals surface area (Å²) in [6, 6.07) is 5.52. The highest BCUT2D eigenvalue weighted by atomic mass is 16.5. The van der Waals surface area contributed by atoms with Crippen LogP contribution >= 0.6 is 0 Å². The zero-order valence-electron chi connectivity index (χ0n) is 10.9. The lowest BCUT2D eigenvalue weighted by molar-refractivity contribution is 0.198. The largest absolute Gasteiger partial charge is 0.493 e. The molecule has 1 N–H and O–H groups in total. The van der Waals surface area contributed by atoms with E-state index in [4.69, 9.17) is 9.47 Å². The van der Waals surface area contributed by atoms with Gasteiger partial charge in [-0.25, -0.2) is 0 Å². The first-order valence-corrected chi connectivity index (χ1v) is 6.17. The molecule has 0 saturated heterocycles. The van der Waals surface area contributed by atoms with Crippen LogP contribution in [-0.2, 0) is 0 Å². The number of aliphatic hydroxyl groups excluding tert-OH is 1. The van der Waals surface area contributed by atoms with Crippen LogP contribution in [0.15, 0.2) is 18.2 Å². The second-order valence-corrected chi connectivity index (χ2v) is 4.14. The number of aliphatic hydroxyl groups is 1. The summed E-state index contributed by atoms with van der Waals surface area (Å²) in [5, 5.41) is 9.53. The smallest absolute Gasteiger partial charge is 0.161 e. The van der Waals surface area contributed by atoms with E-state index in [0.29, 0.717) is 18.1 Å². The Bertz CT molecular complexity index is 334. The van der Waals surface area contributed by atoms with Crippen molar-refractivity contribution in [3.05, 3.63) is 23.8 Å². The number of ether oxygens (including phenoxy) is 2. The van der Waals surface area contributed by atoms with Crippen molar-refractivity contribution in [3.8, 4) is 11.5 Å². The molecular formula is C14H22O3. The van der Waals surface area contributed by atoms with Crippen LogP contribution in [-0.4, -0.2) is 18.8 Å². The number of unbranched alkanes of at least 4 members (excludes halogenated alkanes) is 2. The van der Waals surface area contributed by atoms with Gasteiger partial charge in [0.25, 0.3) is 0 Å². The molecule has 17 heavy (non-hydrogen) atoms. The number of rotatable bonds is 7. The highest BCUT2D eigenvalue weighted by molar-refractivity contribution is 5.43. The van der Waals surface area contributed by atoms with Gasteiger partial charge in [-0.05, 0) is 31.0 Å². The number of hydrogen-bond acceptors (Lipinski definition) is 3. The third-order valence-corrected chi connectivity index (χ3v) is 2.68. The Kier molecular flexibility index (Phi) is 5.84. The van der Waals surface area contributed by atoms with Crippen LogP contribution in [0.5, 0.6) is 11.5 Å². The molecule has 3 nitrogen and oxygen atoms in total. The van der Waals surface area contributed by atoms with Gasteiger partial charge in [0.05, 0.1) is 19.8 Å². The van der Waals surface area contributed by atoms with Gasteiger partial charge in [0.2, 0.25) is 0 Å². The summed E-state index contributed by atoms with van der Waals surface area (Å²) < 4.78 is 10.9. The molecular weight excluding hydrogens is 216 g/mol. The molecule has 0 aliphatic carbocycles. The van der Waals surface area contributed by atoms with Gasteiger partial charge in [-0.2, -0.15) is 0 Å². The minimum atomic E-state index is -0.487. The van der Waals surface area contributed by atoms with Gasteiger partial charge in [0, 0.05) is 0 Å². The molecule has 0 amide bonds. The molecule has 0 aromatic heterocycles. The Labute approximate surface area is 103 Å². The molecule has 3 heteroatoms. The predicted octanol–water partition coefficient (Wildman–Crippen LogP) is 3.32. The third kappa shape index (κ3) is 4.27. The fraction of sp³-hybridized carbons (Fsp3) is 0.571. The first kappa shape index (κ1) is 13.8. The van der Waals surface area contributed by atoms with Gasteiger partial charge >= 0.3 is 0 Å². The van der Waals surface area contributed by atoms with E-state index in [1.807, 2.05) is 18.2 Å². The highest BCUT2D eigenvalue weighted by Gasteiger charge is 2.08. The van der Waals surface area contributed by atoms with Crippen molar-refractivity contribution in [3.63, 3.8) is 0 Å². The highest BCUT2D eigenvalue weighted by Crippen LogP contribution is 2.30. The van der Waals surface area contributed by atoms with Crippen molar-refractivity contribution < 1.29 is 14.6 Å². The molecule has 1 rings (SSSR count). The van der Waals surface area contributed by atoms with Crippen molar-refractivity contribution in [2.45, 2.75) is 39.2 Å². The van der Waals surface area contributed by atoms with Crippen molar-refractivity contribution >= 4 is 0 Å². The standard InChI is InChI=1S/C14H22O3/c1-4-5-6-9-17-14-10-12(11(2)15)7-8-13(14)16-3/h7-8,10-11,15H,4-6,9H2,1-3H3. The predicted molar refractivity (Wildman–Crippen MR) is 68.6 cm³/mol. The maximum atomic E-state index is 9.53. The Morgan fingerprint density at radius 3 is 2.59 bits per heavy atom. The van der Waals surface area contributed by atoms with Crippen molar-refractivity contribution in [1.29, 1.82) is 0 Å². The number of methoxy groups -OCH3 is 1. The van der Waals surface area contributed by atoms with Crippen molar-refractivity contribution in [2.75, 3.05) is 13.7 Å². The van der Waals surface area contributed by atoms with E-state index >= 15 is 0 Å². The van der Waals surface area contributed by atoms with Crippen LogP contribution < -0.4 is 9.47 Å². The molecule has 96 valence electrons. The molecule has 1 atom stereocenters. The Balaban J connectivity index is 2.69. The van der Waals surface area contributed by atoms with E-state index in [0.717, 1.165) is 12.0 Å². The molecule has 0 spiro atoms. The minimum Gasteiger partial charge on any atom is -0.493 e. The summed E-state index contributed by atoms with van der Waals surface area (Å²) in [5.74, 6) is 1.42. The van der Waals surface area contributed by atoms with Gasteiger partial charge in [0.1, 0.15) is 0 Å². The molecule has 0 aliphatic rings. The maximum Gasteiger partial charge on any atom is 0.161 e. The minimum absolute atomic E-state index is 0.487. The van der Waals surface area contributed by atoms with Crippen molar-refractivity contribution in [1.82, 2.24) is 0 Å². The van der Waals surface area contributed by atoms with Gasteiger partial charge in [0.15, 0.2) is 11.5 Å². The fourth-order valence-electron chi connectivity index (χ4n) is 1.60. The second-order valence-electron chi connectivity index (χ2n) is 4.14. The molecule has 0 heterocycles. The van der Waals surface area contributed by atoms with Crippen LogP contribution in [0.1, 0.15) is 44.8 Å². The summed E-state index contributed by atoms with van der Waals surface area (Å²) in [4.78, 5) is 0. The Hall–Kier alpha value is -1.22. The fourth-order valence-corrected chi connectivity index (χ4v) is 1.60. The van der Waals surface area contributed by atoms with Gasteiger partial charge in [-0.1, -0.05) is 25.8 Å². The van der Waals surface area contributed by atoms with Crippen LogP contribution in [0.3, 0.4) is 0 Å². The molecule has 0 bridgehead atoms. The summed E-state index contributed by atoms with van der Waals surface area (Å²) in [6.07, 6.45) is 2.89. The lowest BCUT2D eigenvalue weighted by Gasteiger charge is -2.13. The Morgan fingerprint density at radius 1 is 1.24 bits per heavy atom. The van der Waals surface area contributed by atoms with Gasteiger partial charge in [-0.15, -0.1) is 0 Å². The maximum absolute atomic E-state index is 9.53. The molecule has 1 unspecified atom stereocenters. The topological polar surface area (TPSA) is 38.7 Å². The lowest BCUT2D eigenvalue weighted by atomic mass is 10.1. The van der Waals surface area contributed by atoms with E-state index in [1.54, 1.807) is 14.0 Å². The van der Waals surface area contributed by atoms with Crippen LogP contribution in [0.4, 0.5) is 0 Å². The average Bonchev–Trinajstić information content (AvgIpc) is 2.34. The van der Waals surface area contributed by atoms with Gasteiger partial charge < -0.3 is 14.6 Å². The Morgan fingerprint density at radius 2 is 2.00 bits per heavy atom. The molecule has 1 aromatic rings. The zero-order valence-corrected chi connectivity index (χ0v) is 10.9. The van der Waals surface area contributed by atoms with E-state index in [1.165, 1.54) is 12.8 Å². The number of hydrogen-bond donors (Lipinski definition) is 1. The van der Waals surface area contributed by atoms with Gasteiger partial charge in [-0.3, -0.25) is 0 Å². The second kappa shape index (κ2) is 7.17. The van der Waals surface area contributed by atoms with E-state index < -0.39 is 6.10 Å².